The van der Waals surface area contributed by atoms with Gasteiger partial charge >= 0.3 is 0 Å². The Labute approximate surface area is 124 Å². The lowest BCUT2D eigenvalue weighted by Gasteiger charge is -2.20. The van der Waals surface area contributed by atoms with E-state index >= 15 is 0 Å². The summed E-state index contributed by atoms with van der Waals surface area (Å²) in [5, 5.41) is 0. The van der Waals surface area contributed by atoms with E-state index in [2.05, 4.69) is 31.4 Å². The summed E-state index contributed by atoms with van der Waals surface area (Å²) in [6.07, 6.45) is 0. The molecule has 1 atom stereocenters. The second kappa shape index (κ2) is 6.70. The first kappa shape index (κ1) is 15.5. The smallest absolute Gasteiger partial charge is 0.124 e. The average Bonchev–Trinajstić information content (AvgIpc) is 2.49. The van der Waals surface area contributed by atoms with Gasteiger partial charge in [0.25, 0.3) is 0 Å². The van der Waals surface area contributed by atoms with E-state index in [-0.39, 0.29) is 11.9 Å². The third kappa shape index (κ3) is 3.40. The monoisotopic (exact) mass is 288 g/mol. The number of hydrazine groups is 1. The van der Waals surface area contributed by atoms with Crippen molar-refractivity contribution in [1.82, 2.24) is 5.43 Å². The normalized spacial score (nSPS) is 12.5. The molecular formula is C17H21FN2O. The van der Waals surface area contributed by atoms with Gasteiger partial charge in [-0.05, 0) is 35.2 Å². The molecule has 0 saturated heterocycles. The molecule has 0 amide bonds. The molecule has 0 aliphatic rings. The fourth-order valence-electron chi connectivity index (χ4n) is 2.37. The Balaban J connectivity index is 2.41. The van der Waals surface area contributed by atoms with Crippen molar-refractivity contribution in [1.29, 1.82) is 0 Å². The molecule has 21 heavy (non-hydrogen) atoms. The van der Waals surface area contributed by atoms with Crippen molar-refractivity contribution in [3.05, 3.63) is 65.0 Å². The third-order valence-electron chi connectivity index (χ3n) is 3.61. The Morgan fingerprint density at radius 3 is 2.19 bits per heavy atom. The molecule has 4 heteroatoms. The Bertz CT molecular complexity index is 596. The molecule has 0 aliphatic carbocycles. The number of hydrogen-bond acceptors (Lipinski definition) is 3. The molecule has 0 aliphatic heterocycles. The summed E-state index contributed by atoms with van der Waals surface area (Å²) in [6.45, 7) is 4.28. The van der Waals surface area contributed by atoms with Crippen molar-refractivity contribution in [2.75, 3.05) is 7.11 Å². The average molecular weight is 288 g/mol. The van der Waals surface area contributed by atoms with Crippen LogP contribution in [-0.4, -0.2) is 7.11 Å². The second-order valence-electron chi connectivity index (χ2n) is 5.31. The first-order valence-corrected chi connectivity index (χ1v) is 6.96. The van der Waals surface area contributed by atoms with Crippen LogP contribution in [0.25, 0.3) is 0 Å². The molecule has 3 N–H and O–H groups in total. The van der Waals surface area contributed by atoms with Crippen molar-refractivity contribution in [3.8, 4) is 5.75 Å². The van der Waals surface area contributed by atoms with Crippen LogP contribution in [0.4, 0.5) is 4.39 Å². The number of rotatable bonds is 5. The van der Waals surface area contributed by atoms with Gasteiger partial charge in [-0.2, -0.15) is 0 Å². The topological polar surface area (TPSA) is 47.3 Å². The summed E-state index contributed by atoms with van der Waals surface area (Å²) >= 11 is 0. The number of ether oxygens (including phenoxy) is 1. The number of hydrogen-bond donors (Lipinski definition) is 2. The SMILES string of the molecule is COc1ccc(F)cc1C(NN)c1ccc(C(C)C)cc1. The molecule has 0 bridgehead atoms. The maximum absolute atomic E-state index is 13.5. The molecule has 0 heterocycles. The van der Waals surface area contributed by atoms with Crippen molar-refractivity contribution < 1.29 is 9.13 Å². The van der Waals surface area contributed by atoms with Crippen LogP contribution in [0.5, 0.6) is 5.75 Å². The summed E-state index contributed by atoms with van der Waals surface area (Å²) in [6, 6.07) is 12.2. The summed E-state index contributed by atoms with van der Waals surface area (Å²) in [7, 11) is 1.56. The van der Waals surface area contributed by atoms with E-state index in [1.54, 1.807) is 13.2 Å². The highest BCUT2D eigenvalue weighted by Gasteiger charge is 2.18. The van der Waals surface area contributed by atoms with E-state index in [0.717, 1.165) is 5.56 Å². The first-order valence-electron chi connectivity index (χ1n) is 6.96. The van der Waals surface area contributed by atoms with Gasteiger partial charge in [0.15, 0.2) is 0 Å². The Kier molecular flexibility index (Phi) is 4.94. The second-order valence-corrected chi connectivity index (χ2v) is 5.31. The highest BCUT2D eigenvalue weighted by atomic mass is 19.1. The lowest BCUT2D eigenvalue weighted by atomic mass is 9.95. The third-order valence-corrected chi connectivity index (χ3v) is 3.61. The number of halogens is 1. The van der Waals surface area contributed by atoms with Gasteiger partial charge in [0.2, 0.25) is 0 Å². The molecular weight excluding hydrogens is 267 g/mol. The summed E-state index contributed by atoms with van der Waals surface area (Å²) in [5.74, 6) is 6.43. The molecule has 2 aromatic rings. The van der Waals surface area contributed by atoms with Gasteiger partial charge in [-0.1, -0.05) is 38.1 Å². The van der Waals surface area contributed by atoms with E-state index in [4.69, 9.17) is 10.6 Å². The van der Waals surface area contributed by atoms with E-state index in [1.807, 2.05) is 12.1 Å². The zero-order chi connectivity index (χ0) is 15.4. The maximum Gasteiger partial charge on any atom is 0.124 e. The number of methoxy groups -OCH3 is 1. The van der Waals surface area contributed by atoms with E-state index in [9.17, 15) is 4.39 Å². The van der Waals surface area contributed by atoms with Gasteiger partial charge in [0.05, 0.1) is 13.2 Å². The molecule has 1 unspecified atom stereocenters. The van der Waals surface area contributed by atoms with E-state index in [0.29, 0.717) is 17.2 Å². The molecule has 0 radical (unpaired) electrons. The van der Waals surface area contributed by atoms with Gasteiger partial charge in [-0.25, -0.2) is 9.82 Å². The van der Waals surface area contributed by atoms with Crippen LogP contribution in [-0.2, 0) is 0 Å². The van der Waals surface area contributed by atoms with Gasteiger partial charge in [-0.3, -0.25) is 5.84 Å². The van der Waals surface area contributed by atoms with Crippen LogP contribution >= 0.6 is 0 Å². The minimum atomic E-state index is -0.322. The van der Waals surface area contributed by atoms with Crippen LogP contribution in [0.2, 0.25) is 0 Å². The highest BCUT2D eigenvalue weighted by Crippen LogP contribution is 2.30. The maximum atomic E-state index is 13.5. The van der Waals surface area contributed by atoms with Gasteiger partial charge < -0.3 is 4.74 Å². The van der Waals surface area contributed by atoms with Crippen molar-refractivity contribution in [2.45, 2.75) is 25.8 Å². The Morgan fingerprint density at radius 1 is 1.05 bits per heavy atom. The van der Waals surface area contributed by atoms with Crippen LogP contribution in [0.15, 0.2) is 42.5 Å². The molecule has 2 rings (SSSR count). The molecule has 0 aromatic heterocycles. The minimum absolute atomic E-state index is 0.315. The largest absolute Gasteiger partial charge is 0.496 e. The van der Waals surface area contributed by atoms with Crippen LogP contribution in [0.3, 0.4) is 0 Å². The van der Waals surface area contributed by atoms with Crippen molar-refractivity contribution in [3.63, 3.8) is 0 Å². The molecule has 0 fully saturated rings. The van der Waals surface area contributed by atoms with Crippen molar-refractivity contribution in [2.24, 2.45) is 5.84 Å². The first-order chi connectivity index (χ1) is 10.1. The van der Waals surface area contributed by atoms with Gasteiger partial charge in [-0.15, -0.1) is 0 Å². The molecule has 0 saturated carbocycles. The zero-order valence-corrected chi connectivity index (χ0v) is 12.6. The van der Waals surface area contributed by atoms with E-state index < -0.39 is 0 Å². The lowest BCUT2D eigenvalue weighted by Crippen LogP contribution is -2.29. The van der Waals surface area contributed by atoms with E-state index in [1.165, 1.54) is 17.7 Å². The number of benzene rings is 2. The van der Waals surface area contributed by atoms with Crippen molar-refractivity contribution >= 4 is 0 Å². The summed E-state index contributed by atoms with van der Waals surface area (Å²) < 4.78 is 18.8. The fourth-order valence-corrected chi connectivity index (χ4v) is 2.37. The summed E-state index contributed by atoms with van der Waals surface area (Å²) in [5.41, 5.74) is 5.63. The van der Waals surface area contributed by atoms with Crippen LogP contribution in [0, 0.1) is 5.82 Å². The zero-order valence-electron chi connectivity index (χ0n) is 12.6. The molecule has 2 aromatic carbocycles. The minimum Gasteiger partial charge on any atom is -0.496 e. The predicted molar refractivity (Wildman–Crippen MR) is 82.6 cm³/mol. The molecule has 0 spiro atoms. The number of nitrogens with two attached hydrogens (primary N) is 1. The number of nitrogens with one attached hydrogen (secondary N) is 1. The van der Waals surface area contributed by atoms with Crippen LogP contribution < -0.4 is 16.0 Å². The summed E-state index contributed by atoms with van der Waals surface area (Å²) in [4.78, 5) is 0. The quantitative estimate of drug-likeness (QED) is 0.654. The van der Waals surface area contributed by atoms with Gasteiger partial charge in [0, 0.05) is 5.56 Å². The molecule has 3 nitrogen and oxygen atoms in total. The Hall–Kier alpha value is -1.91. The van der Waals surface area contributed by atoms with Gasteiger partial charge in [0.1, 0.15) is 11.6 Å². The fraction of sp³-hybridized carbons (Fsp3) is 0.294. The Morgan fingerprint density at radius 2 is 1.67 bits per heavy atom. The molecule has 112 valence electrons. The predicted octanol–water partition coefficient (Wildman–Crippen LogP) is 3.51. The van der Waals surface area contributed by atoms with Crippen LogP contribution in [0.1, 0.15) is 42.5 Å². The highest BCUT2D eigenvalue weighted by molar-refractivity contribution is 5.42. The lowest BCUT2D eigenvalue weighted by molar-refractivity contribution is 0.402. The standard InChI is InChI=1S/C17H21FN2O/c1-11(2)12-4-6-13(7-5-12)17(20-19)15-10-14(18)8-9-16(15)21-3/h4-11,17,20H,19H2,1-3H3.